The Hall–Kier alpha value is -3.32. The first-order valence-electron chi connectivity index (χ1n) is 12.9. The van der Waals surface area contributed by atoms with Gasteiger partial charge < -0.3 is 18.9 Å². The number of hydrogen-bond acceptors (Lipinski definition) is 7. The molecule has 0 saturated heterocycles. The minimum atomic E-state index is -0.317. The molecule has 0 spiro atoms. The van der Waals surface area contributed by atoms with Crippen LogP contribution in [0.25, 0.3) is 10.9 Å². The van der Waals surface area contributed by atoms with Gasteiger partial charge in [0.25, 0.3) is 0 Å². The fourth-order valence-corrected chi connectivity index (χ4v) is 5.22. The van der Waals surface area contributed by atoms with E-state index in [9.17, 15) is 4.79 Å². The number of fused-ring (bicyclic) bond motifs is 2. The van der Waals surface area contributed by atoms with E-state index in [-0.39, 0.29) is 5.97 Å². The van der Waals surface area contributed by atoms with E-state index in [4.69, 9.17) is 18.9 Å². The minimum Gasteiger partial charge on any atom is -0.497 e. The first-order valence-corrected chi connectivity index (χ1v) is 12.9. The van der Waals surface area contributed by atoms with Crippen LogP contribution in [0.4, 0.5) is 0 Å². The quantitative estimate of drug-likeness (QED) is 0.399. The molecule has 0 radical (unpaired) electrons. The van der Waals surface area contributed by atoms with Gasteiger partial charge in [-0.15, -0.1) is 0 Å². The topological polar surface area (TPSA) is 70.1 Å². The predicted molar refractivity (Wildman–Crippen MR) is 138 cm³/mol. The lowest BCUT2D eigenvalue weighted by Gasteiger charge is -2.36. The average Bonchev–Trinajstić information content (AvgIpc) is 2.94. The van der Waals surface area contributed by atoms with E-state index >= 15 is 0 Å². The van der Waals surface area contributed by atoms with Crippen molar-refractivity contribution in [3.63, 3.8) is 0 Å². The molecule has 1 aliphatic carbocycles. The molecule has 2 aromatic carbocycles. The number of carbonyl (C=O) groups is 1. The molecule has 7 heteroatoms. The first-order chi connectivity index (χ1) is 17.6. The van der Waals surface area contributed by atoms with E-state index in [1.54, 1.807) is 13.3 Å². The van der Waals surface area contributed by atoms with Gasteiger partial charge >= 0.3 is 5.97 Å². The Bertz CT molecular complexity index is 1210. The third-order valence-corrected chi connectivity index (χ3v) is 7.31. The van der Waals surface area contributed by atoms with Gasteiger partial charge in [0, 0.05) is 24.2 Å². The molecule has 0 bridgehead atoms. The number of carbonyl (C=O) groups excluding carboxylic acids is 1. The molecule has 0 amide bonds. The van der Waals surface area contributed by atoms with Crippen LogP contribution in [0, 0.1) is 5.92 Å². The van der Waals surface area contributed by atoms with Crippen LogP contribution in [0.5, 0.6) is 17.2 Å². The maximum absolute atomic E-state index is 12.7. The van der Waals surface area contributed by atoms with Crippen molar-refractivity contribution < 1.29 is 23.7 Å². The van der Waals surface area contributed by atoms with Gasteiger partial charge in [-0.2, -0.15) is 0 Å². The minimum absolute atomic E-state index is 0.317. The molecule has 5 rings (SSSR count). The second kappa shape index (κ2) is 11.2. The van der Waals surface area contributed by atoms with Crippen LogP contribution in [0.15, 0.2) is 48.7 Å². The maximum atomic E-state index is 12.7. The molecule has 1 saturated carbocycles. The van der Waals surface area contributed by atoms with Crippen molar-refractivity contribution in [2.45, 2.75) is 45.2 Å². The van der Waals surface area contributed by atoms with E-state index in [0.717, 1.165) is 66.9 Å². The lowest BCUT2D eigenvalue weighted by Crippen LogP contribution is -2.38. The van der Waals surface area contributed by atoms with Gasteiger partial charge in [0.05, 0.1) is 24.8 Å². The van der Waals surface area contributed by atoms with Gasteiger partial charge in [-0.3, -0.25) is 9.88 Å². The van der Waals surface area contributed by atoms with Crippen molar-refractivity contribution in [2.24, 2.45) is 5.92 Å². The molecule has 1 aliphatic heterocycles. The Morgan fingerprint density at radius 3 is 2.61 bits per heavy atom. The van der Waals surface area contributed by atoms with E-state index in [0.29, 0.717) is 37.3 Å². The van der Waals surface area contributed by atoms with Crippen LogP contribution in [0.2, 0.25) is 0 Å². The maximum Gasteiger partial charge on any atom is 0.339 e. The van der Waals surface area contributed by atoms with Crippen molar-refractivity contribution in [1.82, 2.24) is 9.88 Å². The Morgan fingerprint density at radius 1 is 1.03 bits per heavy atom. The summed E-state index contributed by atoms with van der Waals surface area (Å²) in [6.07, 6.45) is 5.92. The second-order valence-electron chi connectivity index (χ2n) is 9.60. The monoisotopic (exact) mass is 490 g/mol. The fraction of sp³-hybridized carbons (Fsp3) is 0.448. The van der Waals surface area contributed by atoms with Crippen molar-refractivity contribution in [3.05, 3.63) is 59.8 Å². The number of hydrogen-bond donors (Lipinski definition) is 0. The van der Waals surface area contributed by atoms with Crippen molar-refractivity contribution in [1.29, 1.82) is 0 Å². The van der Waals surface area contributed by atoms with Gasteiger partial charge in [0.2, 0.25) is 0 Å². The average molecular weight is 491 g/mol. The standard InChI is InChI=1S/C29H34N2O5/c1-3-31(18-21-6-11-27-28(14-21)35-13-12-34-27)24-7-4-20(5-8-24)19-36-29(32)23-15-22-16-25(33-2)9-10-26(22)30-17-23/h6,9-11,14-17,20,24H,3-5,7-8,12-13,18-19H2,1-2H3. The molecule has 7 nitrogen and oxygen atoms in total. The van der Waals surface area contributed by atoms with Crippen LogP contribution in [0.1, 0.15) is 48.5 Å². The molecular weight excluding hydrogens is 456 g/mol. The number of rotatable bonds is 8. The molecule has 190 valence electrons. The van der Waals surface area contributed by atoms with Gasteiger partial charge in [-0.05, 0) is 80.1 Å². The molecule has 36 heavy (non-hydrogen) atoms. The second-order valence-corrected chi connectivity index (χ2v) is 9.60. The summed E-state index contributed by atoms with van der Waals surface area (Å²) < 4.78 is 22.4. The molecule has 1 fully saturated rings. The highest BCUT2D eigenvalue weighted by Gasteiger charge is 2.26. The lowest BCUT2D eigenvalue weighted by molar-refractivity contribution is 0.0367. The van der Waals surface area contributed by atoms with Gasteiger partial charge in [0.15, 0.2) is 11.5 Å². The van der Waals surface area contributed by atoms with Crippen molar-refractivity contribution in [3.8, 4) is 17.2 Å². The third kappa shape index (κ3) is 5.57. The zero-order valence-electron chi connectivity index (χ0n) is 21.1. The number of nitrogens with zero attached hydrogens (tertiary/aromatic N) is 2. The summed E-state index contributed by atoms with van der Waals surface area (Å²) >= 11 is 0. The zero-order valence-corrected chi connectivity index (χ0v) is 21.1. The van der Waals surface area contributed by atoms with Gasteiger partial charge in [0.1, 0.15) is 19.0 Å². The van der Waals surface area contributed by atoms with Gasteiger partial charge in [-0.1, -0.05) is 13.0 Å². The summed E-state index contributed by atoms with van der Waals surface area (Å²) in [5, 5.41) is 0.863. The van der Waals surface area contributed by atoms with Crippen LogP contribution in [0.3, 0.4) is 0 Å². The van der Waals surface area contributed by atoms with Gasteiger partial charge in [-0.25, -0.2) is 4.79 Å². The summed E-state index contributed by atoms with van der Waals surface area (Å²) in [6.45, 7) is 5.79. The van der Waals surface area contributed by atoms with E-state index in [1.165, 1.54) is 5.56 Å². The Morgan fingerprint density at radius 2 is 1.83 bits per heavy atom. The highest BCUT2D eigenvalue weighted by Crippen LogP contribution is 2.33. The van der Waals surface area contributed by atoms with E-state index in [1.807, 2.05) is 30.3 Å². The Balaban J connectivity index is 1.12. The summed E-state index contributed by atoms with van der Waals surface area (Å²) in [7, 11) is 1.62. The summed E-state index contributed by atoms with van der Waals surface area (Å²) in [4.78, 5) is 19.6. The Labute approximate surface area is 212 Å². The van der Waals surface area contributed by atoms with Crippen LogP contribution in [-0.4, -0.2) is 55.4 Å². The highest BCUT2D eigenvalue weighted by atomic mass is 16.6. The van der Waals surface area contributed by atoms with Crippen LogP contribution < -0.4 is 14.2 Å². The predicted octanol–water partition coefficient (Wildman–Crippen LogP) is 5.25. The number of pyridine rings is 1. The van der Waals surface area contributed by atoms with Crippen LogP contribution in [-0.2, 0) is 11.3 Å². The third-order valence-electron chi connectivity index (χ3n) is 7.31. The number of aromatic nitrogens is 1. The summed E-state index contributed by atoms with van der Waals surface area (Å²) in [5.41, 5.74) is 2.54. The normalized spacial score (nSPS) is 19.3. The van der Waals surface area contributed by atoms with Crippen molar-refractivity contribution in [2.75, 3.05) is 33.5 Å². The molecule has 0 N–H and O–H groups in total. The molecule has 2 aliphatic rings. The molecular formula is C29H34N2O5. The number of esters is 1. The SMILES string of the molecule is CCN(Cc1ccc2c(c1)OCCO2)C1CCC(COC(=O)c2cnc3ccc(OC)cc3c2)CC1. The molecule has 0 atom stereocenters. The first kappa shape index (κ1) is 24.4. The van der Waals surface area contributed by atoms with Crippen LogP contribution >= 0.6 is 0 Å². The lowest BCUT2D eigenvalue weighted by atomic mass is 9.85. The molecule has 2 heterocycles. The largest absolute Gasteiger partial charge is 0.497 e. The van der Waals surface area contributed by atoms with E-state index < -0.39 is 0 Å². The molecule has 0 unspecified atom stereocenters. The Kier molecular flexibility index (Phi) is 7.56. The number of ether oxygens (including phenoxy) is 4. The molecule has 1 aromatic heterocycles. The van der Waals surface area contributed by atoms with Crippen molar-refractivity contribution >= 4 is 16.9 Å². The highest BCUT2D eigenvalue weighted by molar-refractivity contribution is 5.93. The van der Waals surface area contributed by atoms with E-state index in [2.05, 4.69) is 28.9 Å². The summed E-state index contributed by atoms with van der Waals surface area (Å²) in [5.74, 6) is 2.50. The molecule has 3 aromatic rings. The number of methoxy groups -OCH3 is 1. The smallest absolute Gasteiger partial charge is 0.339 e. The zero-order chi connectivity index (χ0) is 24.9. The fourth-order valence-electron chi connectivity index (χ4n) is 5.22. The summed E-state index contributed by atoms with van der Waals surface area (Å²) in [6, 6.07) is 14.2. The number of benzene rings is 2.